The van der Waals surface area contributed by atoms with Gasteiger partial charge in [0.15, 0.2) is 13.1 Å². The number of hydrogen-bond donors (Lipinski definition) is 3. The van der Waals surface area contributed by atoms with Crippen molar-refractivity contribution in [1.82, 2.24) is 0 Å². The summed E-state index contributed by atoms with van der Waals surface area (Å²) in [6.07, 6.45) is 0. The van der Waals surface area contributed by atoms with E-state index in [0.29, 0.717) is 35.3 Å². The first kappa shape index (κ1) is 21.7. The molecule has 0 fully saturated rings. The lowest BCUT2D eigenvalue weighted by Crippen LogP contribution is -3.13. The second kappa shape index (κ2) is 10.7. The minimum atomic E-state index is -0.171. The molecule has 2 aromatic rings. The van der Waals surface area contributed by atoms with E-state index in [0.717, 1.165) is 10.5 Å². The predicted molar refractivity (Wildman–Crippen MR) is 112 cm³/mol. The highest BCUT2D eigenvalue weighted by Gasteiger charge is 2.18. The van der Waals surface area contributed by atoms with Crippen molar-refractivity contribution in [2.45, 2.75) is 20.8 Å². The Morgan fingerprint density at radius 2 is 1.64 bits per heavy atom. The summed E-state index contributed by atoms with van der Waals surface area (Å²) >= 11 is 5.99. The van der Waals surface area contributed by atoms with Gasteiger partial charge in [0, 0.05) is 10.7 Å². The average Bonchev–Trinajstić information content (AvgIpc) is 2.66. The number of likely N-dealkylation sites (N-methyl/N-ethyl adjacent to an activating group) is 1. The third-order valence-corrected chi connectivity index (χ3v) is 4.49. The van der Waals surface area contributed by atoms with Gasteiger partial charge in [-0.05, 0) is 50.6 Å². The number of carbonyl (C=O) groups excluding carboxylic acids is 2. The molecule has 0 saturated carbocycles. The van der Waals surface area contributed by atoms with E-state index in [2.05, 4.69) is 10.6 Å². The summed E-state index contributed by atoms with van der Waals surface area (Å²) in [6.45, 7) is 7.25. The summed E-state index contributed by atoms with van der Waals surface area (Å²) in [5.74, 6) is 0.297. The lowest BCUT2D eigenvalue weighted by molar-refractivity contribution is -0.881. The Hall–Kier alpha value is -2.57. The fourth-order valence-electron chi connectivity index (χ4n) is 2.74. The molecule has 7 heteroatoms. The van der Waals surface area contributed by atoms with Crippen LogP contribution in [-0.2, 0) is 9.59 Å². The van der Waals surface area contributed by atoms with Gasteiger partial charge in [-0.3, -0.25) is 9.59 Å². The third-order valence-electron chi connectivity index (χ3n) is 4.26. The van der Waals surface area contributed by atoms with E-state index < -0.39 is 0 Å². The molecule has 1 unspecified atom stereocenters. The summed E-state index contributed by atoms with van der Waals surface area (Å²) in [5.41, 5.74) is 2.24. The molecule has 3 N–H and O–H groups in total. The first-order chi connectivity index (χ1) is 13.4. The zero-order valence-corrected chi connectivity index (χ0v) is 17.2. The number of amides is 2. The number of halogens is 1. The molecule has 2 aromatic carbocycles. The van der Waals surface area contributed by atoms with Gasteiger partial charge >= 0.3 is 0 Å². The number of rotatable bonds is 9. The summed E-state index contributed by atoms with van der Waals surface area (Å²) in [5, 5.41) is 6.30. The van der Waals surface area contributed by atoms with Crippen LogP contribution in [-0.4, -0.2) is 38.1 Å². The molecular weight excluding hydrogens is 378 g/mol. The Balaban J connectivity index is 1.93. The highest BCUT2D eigenvalue weighted by atomic mass is 35.5. The number of benzene rings is 2. The summed E-state index contributed by atoms with van der Waals surface area (Å²) in [7, 11) is 0. The molecule has 0 bridgehead atoms. The van der Waals surface area contributed by atoms with Crippen molar-refractivity contribution >= 4 is 34.8 Å². The van der Waals surface area contributed by atoms with Crippen LogP contribution >= 0.6 is 11.6 Å². The lowest BCUT2D eigenvalue weighted by Gasteiger charge is -2.18. The van der Waals surface area contributed by atoms with Gasteiger partial charge in [-0.25, -0.2) is 0 Å². The van der Waals surface area contributed by atoms with Crippen molar-refractivity contribution in [3.63, 3.8) is 0 Å². The smallest absolute Gasteiger partial charge is 0.279 e. The molecule has 0 spiro atoms. The predicted octanol–water partition coefficient (Wildman–Crippen LogP) is 2.53. The number of quaternary nitrogens is 1. The van der Waals surface area contributed by atoms with Crippen molar-refractivity contribution in [1.29, 1.82) is 0 Å². The van der Waals surface area contributed by atoms with Crippen molar-refractivity contribution in [2.24, 2.45) is 0 Å². The van der Waals surface area contributed by atoms with E-state index in [1.165, 1.54) is 0 Å². The lowest BCUT2D eigenvalue weighted by atomic mass is 10.2. The fourth-order valence-corrected chi connectivity index (χ4v) is 2.91. The van der Waals surface area contributed by atoms with Gasteiger partial charge in [-0.2, -0.15) is 0 Å². The molecule has 6 nitrogen and oxygen atoms in total. The van der Waals surface area contributed by atoms with E-state index >= 15 is 0 Å². The molecule has 0 aromatic heterocycles. The SMILES string of the molecule is CCOc1ccccc1NC(=O)C[NH+](CC)CC(=O)Nc1cc(Cl)ccc1C. The fraction of sp³-hybridized carbons (Fsp3) is 0.333. The van der Waals surface area contributed by atoms with E-state index in [9.17, 15) is 9.59 Å². The average molecular weight is 405 g/mol. The number of nitrogens with one attached hydrogen (secondary N) is 3. The van der Waals surface area contributed by atoms with Crippen LogP contribution in [0.2, 0.25) is 5.02 Å². The van der Waals surface area contributed by atoms with Crippen molar-refractivity contribution < 1.29 is 19.2 Å². The Morgan fingerprint density at radius 1 is 1.00 bits per heavy atom. The molecule has 0 heterocycles. The highest BCUT2D eigenvalue weighted by molar-refractivity contribution is 6.31. The number of carbonyl (C=O) groups is 2. The van der Waals surface area contributed by atoms with Gasteiger partial charge in [0.05, 0.1) is 18.8 Å². The number of aryl methyl sites for hydroxylation is 1. The van der Waals surface area contributed by atoms with Crippen LogP contribution in [0.25, 0.3) is 0 Å². The summed E-state index contributed by atoms with van der Waals surface area (Å²) in [6, 6.07) is 12.6. The Morgan fingerprint density at radius 3 is 2.29 bits per heavy atom. The molecule has 2 rings (SSSR count). The third kappa shape index (κ3) is 6.55. The number of hydrogen-bond acceptors (Lipinski definition) is 3. The second-order valence-electron chi connectivity index (χ2n) is 6.44. The van der Waals surface area contributed by atoms with Gasteiger partial charge in [-0.15, -0.1) is 0 Å². The highest BCUT2D eigenvalue weighted by Crippen LogP contribution is 2.23. The molecule has 1 atom stereocenters. The number of anilines is 2. The van der Waals surface area contributed by atoms with Crippen molar-refractivity contribution in [3.05, 3.63) is 53.1 Å². The molecular formula is C21H27ClN3O3+. The molecule has 0 saturated heterocycles. The first-order valence-electron chi connectivity index (χ1n) is 9.34. The maximum Gasteiger partial charge on any atom is 0.279 e. The van der Waals surface area contributed by atoms with E-state index in [1.807, 2.05) is 45.0 Å². The van der Waals surface area contributed by atoms with E-state index in [1.54, 1.807) is 18.2 Å². The van der Waals surface area contributed by atoms with Gasteiger partial charge in [0.1, 0.15) is 5.75 Å². The standard InChI is InChI=1S/C21H26ClN3O3/c1-4-25(14-21(27)24-18-12-16(22)11-10-15(18)3)13-20(26)23-17-8-6-7-9-19(17)28-5-2/h6-12H,4-5,13-14H2,1-3H3,(H,23,26)(H,24,27)/p+1. The topological polar surface area (TPSA) is 71.9 Å². The molecule has 0 radical (unpaired) electrons. The number of ether oxygens (including phenoxy) is 1. The molecule has 2 amide bonds. The van der Waals surface area contributed by atoms with Crippen LogP contribution in [0.5, 0.6) is 5.75 Å². The van der Waals surface area contributed by atoms with Crippen molar-refractivity contribution in [2.75, 3.05) is 36.9 Å². The Labute approximate surface area is 170 Å². The minimum absolute atomic E-state index is 0.162. The maximum absolute atomic E-state index is 12.4. The van der Waals surface area contributed by atoms with Gasteiger partial charge < -0.3 is 20.3 Å². The molecule has 0 aliphatic rings. The summed E-state index contributed by atoms with van der Waals surface area (Å²) in [4.78, 5) is 25.7. The largest absolute Gasteiger partial charge is 0.492 e. The van der Waals surface area contributed by atoms with Crippen LogP contribution in [0.4, 0.5) is 11.4 Å². The molecule has 150 valence electrons. The van der Waals surface area contributed by atoms with E-state index in [-0.39, 0.29) is 24.9 Å². The van der Waals surface area contributed by atoms with Crippen LogP contribution in [0.3, 0.4) is 0 Å². The van der Waals surface area contributed by atoms with Gasteiger partial charge in [-0.1, -0.05) is 29.8 Å². The van der Waals surface area contributed by atoms with Crippen LogP contribution in [0, 0.1) is 6.92 Å². The Kier molecular flexibility index (Phi) is 8.29. The van der Waals surface area contributed by atoms with Crippen LogP contribution in [0.15, 0.2) is 42.5 Å². The quantitative estimate of drug-likeness (QED) is 0.601. The molecule has 28 heavy (non-hydrogen) atoms. The monoisotopic (exact) mass is 404 g/mol. The Bertz CT molecular complexity index is 826. The molecule has 0 aliphatic heterocycles. The second-order valence-corrected chi connectivity index (χ2v) is 6.88. The van der Waals surface area contributed by atoms with Gasteiger partial charge in [0.2, 0.25) is 0 Å². The summed E-state index contributed by atoms with van der Waals surface area (Å²) < 4.78 is 5.52. The first-order valence-corrected chi connectivity index (χ1v) is 9.72. The van der Waals surface area contributed by atoms with E-state index in [4.69, 9.17) is 16.3 Å². The maximum atomic E-state index is 12.4. The van der Waals surface area contributed by atoms with Crippen molar-refractivity contribution in [3.8, 4) is 5.75 Å². The zero-order chi connectivity index (χ0) is 20.5. The normalized spacial score (nSPS) is 11.6. The van der Waals surface area contributed by atoms with Gasteiger partial charge in [0.25, 0.3) is 11.8 Å². The molecule has 0 aliphatic carbocycles. The zero-order valence-electron chi connectivity index (χ0n) is 16.5. The van der Waals surface area contributed by atoms with Crippen LogP contribution in [0.1, 0.15) is 19.4 Å². The number of para-hydroxylation sites is 2. The van der Waals surface area contributed by atoms with Crippen LogP contribution < -0.4 is 20.3 Å². The minimum Gasteiger partial charge on any atom is -0.492 e.